The smallest absolute Gasteiger partial charge is 0.189 e. The third-order valence-electron chi connectivity index (χ3n) is 4.09. The van der Waals surface area contributed by atoms with E-state index in [2.05, 4.69) is 46.3 Å². The summed E-state index contributed by atoms with van der Waals surface area (Å²) in [6.07, 6.45) is 3.50. The Kier molecular flexibility index (Phi) is 7.44. The summed E-state index contributed by atoms with van der Waals surface area (Å²) < 4.78 is 5.16. The SMILES string of the molecule is COc1ccc(-c2n[nH]c(CN=C(N)NC(C)CCCC(C)C)n2)cc1. The summed E-state index contributed by atoms with van der Waals surface area (Å²) in [5.74, 6) is 3.28. The van der Waals surface area contributed by atoms with E-state index in [0.717, 1.165) is 23.7 Å². The third kappa shape index (κ3) is 6.38. The van der Waals surface area contributed by atoms with Crippen LogP contribution in [0, 0.1) is 5.92 Å². The molecular formula is C19H30N6O. The Bertz CT molecular complexity index is 692. The van der Waals surface area contributed by atoms with Crippen LogP contribution >= 0.6 is 0 Å². The molecule has 26 heavy (non-hydrogen) atoms. The third-order valence-corrected chi connectivity index (χ3v) is 4.09. The molecule has 0 aliphatic carbocycles. The quantitative estimate of drug-likeness (QED) is 0.472. The number of hydrogen-bond donors (Lipinski definition) is 3. The second kappa shape index (κ2) is 9.79. The van der Waals surface area contributed by atoms with Crippen LogP contribution in [0.4, 0.5) is 0 Å². The van der Waals surface area contributed by atoms with Crippen LogP contribution in [0.15, 0.2) is 29.3 Å². The fourth-order valence-electron chi connectivity index (χ4n) is 2.60. The second-order valence-electron chi connectivity index (χ2n) is 6.91. The first-order valence-corrected chi connectivity index (χ1v) is 9.10. The van der Waals surface area contributed by atoms with Crippen LogP contribution in [-0.4, -0.2) is 34.3 Å². The van der Waals surface area contributed by atoms with Gasteiger partial charge in [0.25, 0.3) is 0 Å². The molecule has 0 radical (unpaired) electrons. The molecule has 1 atom stereocenters. The number of nitrogens with two attached hydrogens (primary N) is 1. The minimum absolute atomic E-state index is 0.307. The van der Waals surface area contributed by atoms with Crippen LogP contribution in [0.2, 0.25) is 0 Å². The van der Waals surface area contributed by atoms with Crippen molar-refractivity contribution in [1.82, 2.24) is 20.5 Å². The topological polar surface area (TPSA) is 101 Å². The highest BCUT2D eigenvalue weighted by Crippen LogP contribution is 2.19. The van der Waals surface area contributed by atoms with E-state index in [0.29, 0.717) is 30.2 Å². The Balaban J connectivity index is 1.84. The first-order valence-electron chi connectivity index (χ1n) is 9.10. The van der Waals surface area contributed by atoms with Crippen molar-refractivity contribution in [3.8, 4) is 17.1 Å². The molecule has 0 saturated heterocycles. The monoisotopic (exact) mass is 358 g/mol. The Morgan fingerprint density at radius 1 is 1.23 bits per heavy atom. The predicted octanol–water partition coefficient (Wildman–Crippen LogP) is 3.10. The average Bonchev–Trinajstić information content (AvgIpc) is 3.08. The number of aromatic nitrogens is 3. The van der Waals surface area contributed by atoms with Crippen molar-refractivity contribution in [2.24, 2.45) is 16.6 Å². The van der Waals surface area contributed by atoms with Crippen molar-refractivity contribution in [2.75, 3.05) is 7.11 Å². The maximum atomic E-state index is 5.97. The van der Waals surface area contributed by atoms with Crippen molar-refractivity contribution in [3.63, 3.8) is 0 Å². The van der Waals surface area contributed by atoms with E-state index in [1.54, 1.807) is 7.11 Å². The van der Waals surface area contributed by atoms with E-state index in [4.69, 9.17) is 10.5 Å². The first-order chi connectivity index (χ1) is 12.5. The zero-order valence-electron chi connectivity index (χ0n) is 16.1. The fourth-order valence-corrected chi connectivity index (χ4v) is 2.60. The Morgan fingerprint density at radius 2 is 1.96 bits per heavy atom. The van der Waals surface area contributed by atoms with Crippen LogP contribution in [-0.2, 0) is 6.54 Å². The summed E-state index contributed by atoms with van der Waals surface area (Å²) in [5.41, 5.74) is 6.89. The summed E-state index contributed by atoms with van der Waals surface area (Å²) in [4.78, 5) is 8.80. The van der Waals surface area contributed by atoms with Crippen LogP contribution in [0.25, 0.3) is 11.4 Å². The Morgan fingerprint density at radius 3 is 2.62 bits per heavy atom. The number of rotatable bonds is 9. The van der Waals surface area contributed by atoms with Gasteiger partial charge in [-0.05, 0) is 43.5 Å². The highest BCUT2D eigenvalue weighted by atomic mass is 16.5. The van der Waals surface area contributed by atoms with E-state index in [-0.39, 0.29) is 0 Å². The zero-order valence-corrected chi connectivity index (χ0v) is 16.1. The molecule has 1 unspecified atom stereocenters. The van der Waals surface area contributed by atoms with E-state index in [9.17, 15) is 0 Å². The molecule has 0 saturated carbocycles. The maximum absolute atomic E-state index is 5.97. The molecule has 0 amide bonds. The number of nitrogens with one attached hydrogen (secondary N) is 2. The molecule has 1 aromatic heterocycles. The van der Waals surface area contributed by atoms with Crippen LogP contribution in [0.5, 0.6) is 5.75 Å². The number of guanidine groups is 1. The predicted molar refractivity (Wildman–Crippen MR) is 105 cm³/mol. The van der Waals surface area contributed by atoms with Gasteiger partial charge in [0.1, 0.15) is 18.1 Å². The number of benzene rings is 1. The molecule has 2 aromatic rings. The minimum atomic E-state index is 0.307. The molecule has 7 nitrogen and oxygen atoms in total. The normalized spacial score (nSPS) is 13.0. The molecule has 0 fully saturated rings. The van der Waals surface area contributed by atoms with E-state index in [1.807, 2.05) is 24.3 Å². The molecular weight excluding hydrogens is 328 g/mol. The van der Waals surface area contributed by atoms with Crippen molar-refractivity contribution < 1.29 is 4.74 Å². The first kappa shape index (κ1) is 19.8. The molecule has 1 heterocycles. The number of methoxy groups -OCH3 is 1. The van der Waals surface area contributed by atoms with E-state index >= 15 is 0 Å². The fraction of sp³-hybridized carbons (Fsp3) is 0.526. The Hall–Kier alpha value is -2.57. The highest BCUT2D eigenvalue weighted by molar-refractivity contribution is 5.78. The van der Waals surface area contributed by atoms with Crippen molar-refractivity contribution in [3.05, 3.63) is 30.1 Å². The number of nitrogens with zero attached hydrogens (tertiary/aromatic N) is 3. The van der Waals surface area contributed by atoms with Gasteiger partial charge in [-0.2, -0.15) is 5.10 Å². The molecule has 142 valence electrons. The minimum Gasteiger partial charge on any atom is -0.497 e. The summed E-state index contributed by atoms with van der Waals surface area (Å²) in [6, 6.07) is 7.91. The molecule has 0 bridgehead atoms. The maximum Gasteiger partial charge on any atom is 0.189 e. The average molecular weight is 358 g/mol. The van der Waals surface area contributed by atoms with Gasteiger partial charge in [0.15, 0.2) is 11.8 Å². The van der Waals surface area contributed by atoms with Gasteiger partial charge in [-0.15, -0.1) is 0 Å². The summed E-state index contributed by atoms with van der Waals surface area (Å²) in [7, 11) is 1.64. The van der Waals surface area contributed by atoms with Crippen LogP contribution in [0.3, 0.4) is 0 Å². The molecule has 7 heteroatoms. The summed E-state index contributed by atoms with van der Waals surface area (Å²) in [6.45, 7) is 6.97. The second-order valence-corrected chi connectivity index (χ2v) is 6.91. The lowest BCUT2D eigenvalue weighted by Crippen LogP contribution is -2.38. The number of hydrogen-bond acceptors (Lipinski definition) is 4. The summed E-state index contributed by atoms with van der Waals surface area (Å²) in [5, 5.41) is 10.4. The standard InChI is InChI=1S/C19H30N6O/c1-13(2)6-5-7-14(3)22-19(20)21-12-17-23-18(25-24-17)15-8-10-16(26-4)11-9-15/h8-11,13-14H,5-7,12H2,1-4H3,(H3,20,21,22)(H,23,24,25). The number of ether oxygens (including phenoxy) is 1. The van der Waals surface area contributed by atoms with Gasteiger partial charge < -0.3 is 15.8 Å². The zero-order chi connectivity index (χ0) is 18.9. The van der Waals surface area contributed by atoms with Gasteiger partial charge >= 0.3 is 0 Å². The number of H-pyrrole nitrogens is 1. The van der Waals surface area contributed by atoms with Gasteiger partial charge in [0.05, 0.1) is 7.11 Å². The lowest BCUT2D eigenvalue weighted by Gasteiger charge is -2.14. The molecule has 0 aliphatic rings. The largest absolute Gasteiger partial charge is 0.497 e. The molecule has 0 aliphatic heterocycles. The summed E-state index contributed by atoms with van der Waals surface area (Å²) >= 11 is 0. The number of aromatic amines is 1. The van der Waals surface area contributed by atoms with Gasteiger partial charge in [-0.3, -0.25) is 5.10 Å². The van der Waals surface area contributed by atoms with E-state index in [1.165, 1.54) is 12.8 Å². The van der Waals surface area contributed by atoms with Crippen molar-refractivity contribution in [2.45, 2.75) is 52.6 Å². The Labute approximate surface area is 155 Å². The lowest BCUT2D eigenvalue weighted by molar-refractivity contribution is 0.415. The van der Waals surface area contributed by atoms with Crippen molar-refractivity contribution >= 4 is 5.96 Å². The molecule has 0 spiro atoms. The van der Waals surface area contributed by atoms with Crippen LogP contribution in [0.1, 0.15) is 45.9 Å². The van der Waals surface area contributed by atoms with Gasteiger partial charge in [-0.1, -0.05) is 26.7 Å². The molecule has 1 aromatic carbocycles. The van der Waals surface area contributed by atoms with Crippen LogP contribution < -0.4 is 15.8 Å². The van der Waals surface area contributed by atoms with Gasteiger partial charge in [-0.25, -0.2) is 9.98 Å². The van der Waals surface area contributed by atoms with Gasteiger partial charge in [0.2, 0.25) is 0 Å². The highest BCUT2D eigenvalue weighted by Gasteiger charge is 2.07. The molecule has 2 rings (SSSR count). The van der Waals surface area contributed by atoms with Gasteiger partial charge in [0, 0.05) is 11.6 Å². The molecule has 4 N–H and O–H groups in total. The van der Waals surface area contributed by atoms with Crippen molar-refractivity contribution in [1.29, 1.82) is 0 Å². The lowest BCUT2D eigenvalue weighted by atomic mass is 10.0. The number of aliphatic imine (C=N–C) groups is 1. The van der Waals surface area contributed by atoms with E-state index < -0.39 is 0 Å².